The Bertz CT molecular complexity index is 524. The van der Waals surface area contributed by atoms with Crippen molar-refractivity contribution in [1.82, 2.24) is 9.80 Å². The lowest BCUT2D eigenvalue weighted by molar-refractivity contribution is 0.252. The quantitative estimate of drug-likeness (QED) is 0.337. The molecule has 2 aliphatic rings. The number of benzene rings is 1. The van der Waals surface area contributed by atoms with Gasteiger partial charge in [-0.25, -0.2) is 0 Å². The van der Waals surface area contributed by atoms with Gasteiger partial charge in [-0.2, -0.15) is 0 Å². The van der Waals surface area contributed by atoms with Gasteiger partial charge in [-0.1, -0.05) is 37.1 Å². The molecule has 0 aromatic heterocycles. The van der Waals surface area contributed by atoms with Gasteiger partial charge in [0.1, 0.15) is 0 Å². The molecule has 3 rings (SSSR count). The van der Waals surface area contributed by atoms with Crippen LogP contribution in [0.4, 0.5) is 0 Å². The summed E-state index contributed by atoms with van der Waals surface area (Å²) in [6, 6.07) is 8.82. The van der Waals surface area contributed by atoms with E-state index in [0.29, 0.717) is 0 Å². The van der Waals surface area contributed by atoms with Crippen LogP contribution < -0.4 is 5.73 Å². The maximum absolute atomic E-state index is 6.16. The highest BCUT2D eigenvalue weighted by Gasteiger charge is 2.15. The molecule has 2 heterocycles. The number of halogens is 1. The number of nitrogens with two attached hydrogens (primary N) is 1. The normalized spacial score (nSPS) is 19.3. The van der Waals surface area contributed by atoms with Gasteiger partial charge >= 0.3 is 0 Å². The van der Waals surface area contributed by atoms with Gasteiger partial charge < -0.3 is 10.6 Å². The summed E-state index contributed by atoms with van der Waals surface area (Å²) in [4.78, 5) is 9.42. The van der Waals surface area contributed by atoms with Crippen LogP contribution in [0.1, 0.15) is 43.2 Å². The summed E-state index contributed by atoms with van der Waals surface area (Å²) in [6.45, 7) is 6.38. The first kappa shape index (κ1) is 19.5. The lowest BCUT2D eigenvalue weighted by Gasteiger charge is -2.28. The maximum atomic E-state index is 6.16. The van der Waals surface area contributed by atoms with Crippen molar-refractivity contribution in [2.45, 2.75) is 45.1 Å². The zero-order valence-electron chi connectivity index (χ0n) is 14.6. The summed E-state index contributed by atoms with van der Waals surface area (Å²) in [7, 11) is 0. The summed E-state index contributed by atoms with van der Waals surface area (Å²) in [5.41, 5.74) is 9.18. The van der Waals surface area contributed by atoms with E-state index < -0.39 is 0 Å². The molecular weight excluding hydrogens is 411 g/mol. The van der Waals surface area contributed by atoms with Gasteiger partial charge in [-0.05, 0) is 36.8 Å². The highest BCUT2D eigenvalue weighted by atomic mass is 127. The van der Waals surface area contributed by atoms with Crippen LogP contribution in [0.3, 0.4) is 0 Å². The molecule has 134 valence electrons. The van der Waals surface area contributed by atoms with Crippen molar-refractivity contribution in [2.24, 2.45) is 10.7 Å². The smallest absolute Gasteiger partial charge is 0.191 e. The largest absolute Gasteiger partial charge is 0.370 e. The van der Waals surface area contributed by atoms with Crippen molar-refractivity contribution < 1.29 is 0 Å². The Morgan fingerprint density at radius 1 is 1.00 bits per heavy atom. The van der Waals surface area contributed by atoms with E-state index in [1.807, 2.05) is 0 Å². The zero-order valence-corrected chi connectivity index (χ0v) is 17.0. The molecule has 4 nitrogen and oxygen atoms in total. The second-order valence-corrected chi connectivity index (χ2v) is 6.79. The average molecular weight is 442 g/mol. The Hall–Kier alpha value is -0.820. The Morgan fingerprint density at radius 2 is 1.71 bits per heavy atom. The number of hydrogen-bond donors (Lipinski definition) is 1. The summed E-state index contributed by atoms with van der Waals surface area (Å²) in [5.74, 6) is 0.760. The predicted molar refractivity (Wildman–Crippen MR) is 112 cm³/mol. The molecule has 2 aliphatic heterocycles. The molecular formula is C19H31IN4. The van der Waals surface area contributed by atoms with Crippen LogP contribution in [-0.4, -0.2) is 48.5 Å². The fourth-order valence-electron chi connectivity index (χ4n) is 3.63. The van der Waals surface area contributed by atoms with Crippen LogP contribution in [0.25, 0.3) is 0 Å². The van der Waals surface area contributed by atoms with Crippen molar-refractivity contribution in [1.29, 1.82) is 0 Å². The van der Waals surface area contributed by atoms with Crippen molar-refractivity contribution in [3.63, 3.8) is 0 Å². The molecule has 1 fully saturated rings. The third-order valence-corrected chi connectivity index (χ3v) is 5.05. The summed E-state index contributed by atoms with van der Waals surface area (Å²) in [6.07, 6.45) is 7.44. The molecule has 2 N–H and O–H groups in total. The van der Waals surface area contributed by atoms with Crippen LogP contribution in [0.5, 0.6) is 0 Å². The van der Waals surface area contributed by atoms with Gasteiger partial charge in [0.05, 0.1) is 0 Å². The number of fused-ring (bicyclic) bond motifs is 1. The molecule has 1 saturated heterocycles. The molecule has 0 amide bonds. The second kappa shape index (κ2) is 10.2. The molecule has 0 radical (unpaired) electrons. The van der Waals surface area contributed by atoms with Crippen molar-refractivity contribution in [3.8, 4) is 0 Å². The standard InChI is InChI=1S/C19H30N4.HI/c20-19(23-13-5-1-2-6-14-23)21-11-7-12-22-15-10-17-8-3-4-9-18(17)16-22;/h3-4,8-9H,1-2,5-7,10-16H2,(H2,20,21);1H. The lowest BCUT2D eigenvalue weighted by Crippen LogP contribution is -2.38. The van der Waals surface area contributed by atoms with Crippen molar-refractivity contribution in [3.05, 3.63) is 35.4 Å². The third kappa shape index (κ3) is 5.62. The van der Waals surface area contributed by atoms with Gasteiger partial charge in [0.2, 0.25) is 0 Å². The predicted octanol–water partition coefficient (Wildman–Crippen LogP) is 3.24. The number of aliphatic imine (C=N–C) groups is 1. The zero-order chi connectivity index (χ0) is 15.9. The Balaban J connectivity index is 0.00000208. The summed E-state index contributed by atoms with van der Waals surface area (Å²) in [5, 5.41) is 0. The molecule has 1 aromatic rings. The molecule has 24 heavy (non-hydrogen) atoms. The van der Waals surface area contributed by atoms with Crippen molar-refractivity contribution in [2.75, 3.05) is 32.7 Å². The van der Waals surface area contributed by atoms with Gasteiger partial charge in [-0.3, -0.25) is 9.89 Å². The van der Waals surface area contributed by atoms with Crippen LogP contribution in [0, 0.1) is 0 Å². The number of rotatable bonds is 4. The first-order chi connectivity index (χ1) is 11.3. The number of guanidine groups is 1. The van der Waals surface area contributed by atoms with Crippen LogP contribution in [0.2, 0.25) is 0 Å². The van der Waals surface area contributed by atoms with E-state index in [0.717, 1.165) is 45.1 Å². The molecule has 5 heteroatoms. The first-order valence-electron chi connectivity index (χ1n) is 9.17. The monoisotopic (exact) mass is 442 g/mol. The number of likely N-dealkylation sites (tertiary alicyclic amines) is 1. The van der Waals surface area contributed by atoms with Crippen LogP contribution in [0.15, 0.2) is 29.3 Å². The minimum Gasteiger partial charge on any atom is -0.370 e. The maximum Gasteiger partial charge on any atom is 0.191 e. The highest BCUT2D eigenvalue weighted by Crippen LogP contribution is 2.18. The van der Waals surface area contributed by atoms with Gasteiger partial charge in [0.25, 0.3) is 0 Å². The van der Waals surface area contributed by atoms with E-state index in [2.05, 4.69) is 39.1 Å². The van der Waals surface area contributed by atoms with Gasteiger partial charge in [0.15, 0.2) is 5.96 Å². The molecule has 0 saturated carbocycles. The molecule has 0 bridgehead atoms. The first-order valence-corrected chi connectivity index (χ1v) is 9.17. The Morgan fingerprint density at radius 3 is 2.46 bits per heavy atom. The van der Waals surface area contributed by atoms with Crippen molar-refractivity contribution >= 4 is 29.9 Å². The Labute approximate surface area is 163 Å². The van der Waals surface area contributed by atoms with Gasteiger partial charge in [-0.15, -0.1) is 24.0 Å². The molecule has 1 aromatic carbocycles. The molecule has 0 aliphatic carbocycles. The van der Waals surface area contributed by atoms with Crippen LogP contribution in [-0.2, 0) is 13.0 Å². The molecule has 0 spiro atoms. The summed E-state index contributed by atoms with van der Waals surface area (Å²) >= 11 is 0. The highest BCUT2D eigenvalue weighted by molar-refractivity contribution is 14.0. The van der Waals surface area contributed by atoms with E-state index in [4.69, 9.17) is 5.73 Å². The molecule has 0 unspecified atom stereocenters. The minimum absolute atomic E-state index is 0. The van der Waals surface area contributed by atoms with E-state index in [9.17, 15) is 0 Å². The second-order valence-electron chi connectivity index (χ2n) is 6.79. The lowest BCUT2D eigenvalue weighted by atomic mass is 10.00. The topological polar surface area (TPSA) is 44.9 Å². The van der Waals surface area contributed by atoms with E-state index in [1.165, 1.54) is 49.8 Å². The SMILES string of the molecule is I.NC(=NCCCN1CCc2ccccc2C1)N1CCCCCC1. The fraction of sp³-hybridized carbons (Fsp3) is 0.632. The minimum atomic E-state index is 0. The van der Waals surface area contributed by atoms with E-state index >= 15 is 0 Å². The third-order valence-electron chi connectivity index (χ3n) is 5.05. The van der Waals surface area contributed by atoms with Gasteiger partial charge in [0, 0.05) is 39.3 Å². The molecule has 0 atom stereocenters. The van der Waals surface area contributed by atoms with Crippen LogP contribution >= 0.6 is 24.0 Å². The summed E-state index contributed by atoms with van der Waals surface area (Å²) < 4.78 is 0. The number of hydrogen-bond acceptors (Lipinski definition) is 2. The average Bonchev–Trinajstić information content (AvgIpc) is 2.88. The van der Waals surface area contributed by atoms with E-state index in [1.54, 1.807) is 0 Å². The Kier molecular flexibility index (Phi) is 8.32. The fourth-order valence-corrected chi connectivity index (χ4v) is 3.63. The number of nitrogens with zero attached hydrogens (tertiary/aromatic N) is 3. The van der Waals surface area contributed by atoms with E-state index in [-0.39, 0.29) is 24.0 Å².